The Morgan fingerprint density at radius 1 is 1.53 bits per heavy atom. The van der Waals surface area contributed by atoms with Gasteiger partial charge in [0.05, 0.1) is 10.9 Å². The highest BCUT2D eigenvalue weighted by Gasteiger charge is 2.18. The van der Waals surface area contributed by atoms with Crippen molar-refractivity contribution in [3.8, 4) is 0 Å². The van der Waals surface area contributed by atoms with Crippen molar-refractivity contribution in [2.75, 3.05) is 11.9 Å². The second-order valence-electron chi connectivity index (χ2n) is 3.86. The number of aromatic carboxylic acids is 1. The summed E-state index contributed by atoms with van der Waals surface area (Å²) in [5.41, 5.74) is -0.388. The maximum absolute atomic E-state index is 14.0. The lowest BCUT2D eigenvalue weighted by Crippen LogP contribution is -2.19. The van der Waals surface area contributed by atoms with Crippen molar-refractivity contribution in [2.45, 2.75) is 6.54 Å². The highest BCUT2D eigenvalue weighted by molar-refractivity contribution is 7.16. The molecule has 19 heavy (non-hydrogen) atoms. The third-order valence-electron chi connectivity index (χ3n) is 2.48. The summed E-state index contributed by atoms with van der Waals surface area (Å²) in [5.74, 6) is -2.14. The van der Waals surface area contributed by atoms with Gasteiger partial charge in [0.2, 0.25) is 0 Å². The Morgan fingerprint density at radius 2 is 2.26 bits per heavy atom. The molecule has 0 aliphatic rings. The number of carbonyl (C=O) groups is 1. The molecular formula is C12H10ClFN2O2S. The summed E-state index contributed by atoms with van der Waals surface area (Å²) in [6.45, 7) is 0.407. The van der Waals surface area contributed by atoms with E-state index < -0.39 is 11.8 Å². The van der Waals surface area contributed by atoms with Crippen LogP contribution in [0.1, 0.15) is 15.2 Å². The van der Waals surface area contributed by atoms with Crippen LogP contribution in [0.3, 0.4) is 0 Å². The van der Waals surface area contributed by atoms with Crippen LogP contribution in [0.5, 0.6) is 0 Å². The van der Waals surface area contributed by atoms with Crippen LogP contribution in [0.25, 0.3) is 0 Å². The molecule has 0 aliphatic carbocycles. The Morgan fingerprint density at radius 3 is 2.84 bits per heavy atom. The van der Waals surface area contributed by atoms with E-state index in [1.165, 1.54) is 17.5 Å². The lowest BCUT2D eigenvalue weighted by Gasteiger charge is -2.18. The van der Waals surface area contributed by atoms with Crippen LogP contribution in [-0.2, 0) is 6.54 Å². The number of thiophene rings is 1. The highest BCUT2D eigenvalue weighted by Crippen LogP contribution is 2.25. The molecule has 2 aromatic rings. The highest BCUT2D eigenvalue weighted by atomic mass is 35.5. The zero-order valence-electron chi connectivity index (χ0n) is 9.93. The largest absolute Gasteiger partial charge is 0.478 e. The molecule has 0 aromatic carbocycles. The van der Waals surface area contributed by atoms with E-state index in [4.69, 9.17) is 16.7 Å². The van der Waals surface area contributed by atoms with Gasteiger partial charge < -0.3 is 10.0 Å². The van der Waals surface area contributed by atoms with E-state index in [2.05, 4.69) is 4.98 Å². The summed E-state index contributed by atoms with van der Waals surface area (Å²) in [4.78, 5) is 17.2. The van der Waals surface area contributed by atoms with Gasteiger partial charge in [-0.25, -0.2) is 14.2 Å². The molecule has 0 saturated carbocycles. The van der Waals surface area contributed by atoms with Gasteiger partial charge in [-0.2, -0.15) is 0 Å². The summed E-state index contributed by atoms with van der Waals surface area (Å²) in [6.07, 6.45) is 1.28. The molecule has 0 fully saturated rings. The number of anilines is 1. The second kappa shape index (κ2) is 5.54. The van der Waals surface area contributed by atoms with Gasteiger partial charge in [0.1, 0.15) is 5.56 Å². The third kappa shape index (κ3) is 3.02. The number of nitrogens with zero attached hydrogens (tertiary/aromatic N) is 2. The minimum absolute atomic E-state index is 0.00409. The van der Waals surface area contributed by atoms with Crippen LogP contribution in [0, 0.1) is 5.82 Å². The van der Waals surface area contributed by atoms with Crippen molar-refractivity contribution < 1.29 is 14.3 Å². The smallest absolute Gasteiger partial charge is 0.338 e. The van der Waals surface area contributed by atoms with E-state index >= 15 is 0 Å². The predicted octanol–water partition coefficient (Wildman–Crippen LogP) is 3.27. The van der Waals surface area contributed by atoms with Crippen molar-refractivity contribution in [3.63, 3.8) is 0 Å². The van der Waals surface area contributed by atoms with Crippen molar-refractivity contribution in [1.29, 1.82) is 0 Å². The maximum atomic E-state index is 14.0. The molecule has 0 spiro atoms. The molecule has 0 aliphatic heterocycles. The molecule has 2 aromatic heterocycles. The van der Waals surface area contributed by atoms with Gasteiger partial charge in [0, 0.05) is 18.1 Å². The number of carboxylic acids is 1. The molecule has 2 heterocycles. The summed E-state index contributed by atoms with van der Waals surface area (Å²) >= 11 is 7.20. The molecule has 2 rings (SSSR count). The third-order valence-corrected chi connectivity index (χ3v) is 3.70. The van der Waals surface area contributed by atoms with Gasteiger partial charge in [-0.3, -0.25) is 0 Å². The van der Waals surface area contributed by atoms with Crippen LogP contribution in [0.4, 0.5) is 10.2 Å². The van der Waals surface area contributed by atoms with E-state index in [-0.39, 0.29) is 11.4 Å². The maximum Gasteiger partial charge on any atom is 0.338 e. The van der Waals surface area contributed by atoms with Gasteiger partial charge in [0.15, 0.2) is 11.6 Å². The Balaban J connectivity index is 2.26. The Hall–Kier alpha value is -1.66. The molecule has 7 heteroatoms. The van der Waals surface area contributed by atoms with Crippen LogP contribution >= 0.6 is 22.9 Å². The lowest BCUT2D eigenvalue weighted by atomic mass is 10.2. The standard InChI is InChI=1S/C12H10ClFN2O2S/c1-16(6-7-2-3-9(13)19-7)11-10(14)8(12(17)18)4-5-15-11/h2-5H,6H2,1H3,(H,17,18). The topological polar surface area (TPSA) is 53.4 Å². The molecule has 0 amide bonds. The van der Waals surface area contributed by atoms with E-state index in [9.17, 15) is 9.18 Å². The summed E-state index contributed by atoms with van der Waals surface area (Å²) < 4.78 is 14.6. The average Bonchev–Trinajstić information content (AvgIpc) is 2.74. The van der Waals surface area contributed by atoms with Crippen molar-refractivity contribution in [1.82, 2.24) is 4.98 Å². The van der Waals surface area contributed by atoms with Crippen LogP contribution in [0.15, 0.2) is 24.4 Å². The summed E-state index contributed by atoms with van der Waals surface area (Å²) in [6, 6.07) is 4.73. The number of pyridine rings is 1. The monoisotopic (exact) mass is 300 g/mol. The first-order chi connectivity index (χ1) is 8.99. The number of aromatic nitrogens is 1. The molecule has 0 saturated heterocycles. The summed E-state index contributed by atoms with van der Waals surface area (Å²) in [7, 11) is 1.64. The van der Waals surface area contributed by atoms with Gasteiger partial charge in [-0.15, -0.1) is 11.3 Å². The molecule has 4 nitrogen and oxygen atoms in total. The summed E-state index contributed by atoms with van der Waals surface area (Å²) in [5, 5.41) is 8.86. The first-order valence-electron chi connectivity index (χ1n) is 5.32. The van der Waals surface area contributed by atoms with Crippen molar-refractivity contribution in [3.05, 3.63) is 45.0 Å². The Bertz CT molecular complexity index is 618. The number of hydrogen-bond acceptors (Lipinski definition) is 4. The van der Waals surface area contributed by atoms with Crippen LogP contribution in [0.2, 0.25) is 4.34 Å². The first kappa shape index (κ1) is 13.8. The van der Waals surface area contributed by atoms with E-state index in [1.54, 1.807) is 18.0 Å². The van der Waals surface area contributed by atoms with Gasteiger partial charge >= 0.3 is 5.97 Å². The van der Waals surface area contributed by atoms with E-state index in [0.29, 0.717) is 10.9 Å². The second-order valence-corrected chi connectivity index (χ2v) is 5.66. The molecule has 0 bridgehead atoms. The molecule has 0 radical (unpaired) electrons. The number of rotatable bonds is 4. The molecule has 100 valence electrons. The Labute approximate surface area is 118 Å². The number of hydrogen-bond donors (Lipinski definition) is 1. The Kier molecular flexibility index (Phi) is 4.01. The molecular weight excluding hydrogens is 291 g/mol. The van der Waals surface area contributed by atoms with Crippen LogP contribution in [-0.4, -0.2) is 23.1 Å². The quantitative estimate of drug-likeness (QED) is 0.941. The number of carboxylic acid groups (broad SMARTS) is 1. The fourth-order valence-electron chi connectivity index (χ4n) is 1.61. The predicted molar refractivity (Wildman–Crippen MR) is 72.6 cm³/mol. The fraction of sp³-hybridized carbons (Fsp3) is 0.167. The molecule has 0 unspecified atom stereocenters. The van der Waals surface area contributed by atoms with Gasteiger partial charge in [-0.1, -0.05) is 11.6 Å². The zero-order valence-corrected chi connectivity index (χ0v) is 11.5. The average molecular weight is 301 g/mol. The van der Waals surface area contributed by atoms with Crippen molar-refractivity contribution >= 4 is 34.7 Å². The first-order valence-corrected chi connectivity index (χ1v) is 6.51. The van der Waals surface area contributed by atoms with Crippen LogP contribution < -0.4 is 4.90 Å². The van der Waals surface area contributed by atoms with Gasteiger partial charge in [0.25, 0.3) is 0 Å². The van der Waals surface area contributed by atoms with Gasteiger partial charge in [-0.05, 0) is 18.2 Å². The number of halogens is 2. The normalized spacial score (nSPS) is 10.5. The van der Waals surface area contributed by atoms with E-state index in [0.717, 1.165) is 10.9 Å². The zero-order chi connectivity index (χ0) is 14.0. The molecule has 1 N–H and O–H groups in total. The fourth-order valence-corrected chi connectivity index (χ4v) is 2.75. The van der Waals surface area contributed by atoms with Crippen molar-refractivity contribution in [2.24, 2.45) is 0 Å². The molecule has 0 atom stereocenters. The lowest BCUT2D eigenvalue weighted by molar-refractivity contribution is 0.0692. The minimum Gasteiger partial charge on any atom is -0.478 e. The minimum atomic E-state index is -1.31. The SMILES string of the molecule is CN(Cc1ccc(Cl)s1)c1nccc(C(=O)O)c1F. The van der Waals surface area contributed by atoms with E-state index in [1.807, 2.05) is 6.07 Å².